The third-order valence-corrected chi connectivity index (χ3v) is 6.51. The van der Waals surface area contributed by atoms with Gasteiger partial charge in [-0.3, -0.25) is 4.79 Å². The number of aromatic amines is 1. The summed E-state index contributed by atoms with van der Waals surface area (Å²) in [4.78, 5) is 21.1. The Morgan fingerprint density at radius 1 is 1.28 bits per heavy atom. The lowest BCUT2D eigenvalue weighted by Crippen LogP contribution is -2.38. The minimum Gasteiger partial charge on any atom is -0.492 e. The Hall–Kier alpha value is -2.91. The predicted octanol–water partition coefficient (Wildman–Crippen LogP) is 2.92. The van der Waals surface area contributed by atoms with Gasteiger partial charge in [-0.25, -0.2) is 18.1 Å². The molecule has 0 radical (unpaired) electrons. The molecule has 170 valence electrons. The van der Waals surface area contributed by atoms with Crippen molar-refractivity contribution in [3.8, 4) is 16.9 Å². The lowest BCUT2D eigenvalue weighted by atomic mass is 9.98. The Morgan fingerprint density at radius 2 is 2.06 bits per heavy atom. The van der Waals surface area contributed by atoms with Crippen molar-refractivity contribution in [3.05, 3.63) is 48.3 Å². The summed E-state index contributed by atoms with van der Waals surface area (Å²) in [5.74, 6) is 1.30. The fraction of sp³-hybridized carbons (Fsp3) is 0.391. The van der Waals surface area contributed by atoms with Crippen LogP contribution in [0.15, 0.2) is 42.7 Å². The maximum atomic E-state index is 11.5. The highest BCUT2D eigenvalue weighted by atomic mass is 32.2. The van der Waals surface area contributed by atoms with E-state index >= 15 is 0 Å². The summed E-state index contributed by atoms with van der Waals surface area (Å²) >= 11 is 0. The standard InChI is InChI=1S/C23H28N4O4S/c1-16(28)27-10-7-17(8-11-27)15-31-21-6-9-24-23-22(21)20(14-25-23)19-5-3-4-18(12-19)13-26-32(2,29)30/h3-6,9,12,14,17,26H,7-8,10-11,13,15H2,1-2H3,(H,24,25). The molecule has 0 unspecified atom stereocenters. The van der Waals surface area contributed by atoms with Crippen LogP contribution in [0.4, 0.5) is 0 Å². The van der Waals surface area contributed by atoms with Gasteiger partial charge in [-0.1, -0.05) is 18.2 Å². The molecule has 0 bridgehead atoms. The number of amides is 1. The topological polar surface area (TPSA) is 104 Å². The van der Waals surface area contributed by atoms with Crippen LogP contribution in [0.25, 0.3) is 22.2 Å². The zero-order valence-corrected chi connectivity index (χ0v) is 19.1. The van der Waals surface area contributed by atoms with Crippen molar-refractivity contribution < 1.29 is 17.9 Å². The number of nitrogens with one attached hydrogen (secondary N) is 2. The first-order valence-corrected chi connectivity index (χ1v) is 12.6. The van der Waals surface area contributed by atoms with Gasteiger partial charge in [-0.15, -0.1) is 0 Å². The van der Waals surface area contributed by atoms with E-state index in [4.69, 9.17) is 4.74 Å². The SMILES string of the molecule is CC(=O)N1CCC(COc2ccnc3[nH]cc(-c4cccc(CNS(C)(=O)=O)c4)c23)CC1. The smallest absolute Gasteiger partial charge is 0.219 e. The molecule has 3 aromatic rings. The maximum Gasteiger partial charge on any atom is 0.219 e. The van der Waals surface area contributed by atoms with Crippen molar-refractivity contribution >= 4 is 27.0 Å². The van der Waals surface area contributed by atoms with Crippen molar-refractivity contribution in [1.82, 2.24) is 19.6 Å². The second kappa shape index (κ2) is 9.30. The summed E-state index contributed by atoms with van der Waals surface area (Å²) in [6.07, 6.45) is 6.64. The first kappa shape index (κ1) is 22.3. The van der Waals surface area contributed by atoms with Crippen LogP contribution >= 0.6 is 0 Å². The molecule has 1 aliphatic rings. The van der Waals surface area contributed by atoms with Crippen LogP contribution in [0.2, 0.25) is 0 Å². The molecule has 8 nitrogen and oxygen atoms in total. The molecule has 0 atom stereocenters. The number of nitrogens with zero attached hydrogens (tertiary/aromatic N) is 2. The van der Waals surface area contributed by atoms with E-state index in [0.717, 1.165) is 65.7 Å². The Morgan fingerprint density at radius 3 is 2.78 bits per heavy atom. The van der Waals surface area contributed by atoms with Crippen molar-refractivity contribution in [2.75, 3.05) is 26.0 Å². The van der Waals surface area contributed by atoms with Gasteiger partial charge >= 0.3 is 0 Å². The molecule has 2 aromatic heterocycles. The number of fused-ring (bicyclic) bond motifs is 1. The highest BCUT2D eigenvalue weighted by Crippen LogP contribution is 2.35. The summed E-state index contributed by atoms with van der Waals surface area (Å²) < 4.78 is 31.6. The number of hydrogen-bond donors (Lipinski definition) is 2. The van der Waals surface area contributed by atoms with Crippen LogP contribution in [0.3, 0.4) is 0 Å². The van der Waals surface area contributed by atoms with Gasteiger partial charge in [0.2, 0.25) is 15.9 Å². The van der Waals surface area contributed by atoms with Crippen LogP contribution in [0, 0.1) is 5.92 Å². The second-order valence-corrected chi connectivity index (χ2v) is 10.1. The Labute approximate surface area is 188 Å². The third kappa shape index (κ3) is 5.28. The van der Waals surface area contributed by atoms with E-state index in [-0.39, 0.29) is 12.5 Å². The van der Waals surface area contributed by atoms with Gasteiger partial charge in [-0.05, 0) is 42.0 Å². The summed E-state index contributed by atoms with van der Waals surface area (Å²) in [6.45, 7) is 3.99. The van der Waals surface area contributed by atoms with Gasteiger partial charge in [0.1, 0.15) is 11.4 Å². The quantitative estimate of drug-likeness (QED) is 0.569. The zero-order valence-electron chi connectivity index (χ0n) is 18.3. The van der Waals surface area contributed by atoms with E-state index in [2.05, 4.69) is 14.7 Å². The molecule has 0 aliphatic carbocycles. The average molecular weight is 457 g/mol. The summed E-state index contributed by atoms with van der Waals surface area (Å²) in [6, 6.07) is 9.63. The van der Waals surface area contributed by atoms with E-state index in [1.807, 2.05) is 41.4 Å². The van der Waals surface area contributed by atoms with Crippen LogP contribution in [-0.2, 0) is 21.4 Å². The fourth-order valence-electron chi connectivity index (χ4n) is 4.06. The fourth-order valence-corrected chi connectivity index (χ4v) is 4.49. The van der Waals surface area contributed by atoms with Gasteiger partial charge in [0.25, 0.3) is 0 Å². The molecule has 1 aromatic carbocycles. The van der Waals surface area contributed by atoms with E-state index in [1.54, 1.807) is 13.1 Å². The number of pyridine rings is 1. The van der Waals surface area contributed by atoms with Crippen LogP contribution in [0.1, 0.15) is 25.3 Å². The molecular weight excluding hydrogens is 428 g/mol. The van der Waals surface area contributed by atoms with Gasteiger partial charge in [0.15, 0.2) is 0 Å². The van der Waals surface area contributed by atoms with Crippen LogP contribution in [-0.4, -0.2) is 55.1 Å². The number of benzene rings is 1. The van der Waals surface area contributed by atoms with Crippen LogP contribution in [0.5, 0.6) is 5.75 Å². The molecule has 32 heavy (non-hydrogen) atoms. The number of carbonyl (C=O) groups excluding carboxylic acids is 1. The Kier molecular flexibility index (Phi) is 6.48. The maximum absolute atomic E-state index is 11.5. The number of ether oxygens (including phenoxy) is 1. The van der Waals surface area contributed by atoms with Crippen molar-refractivity contribution in [1.29, 1.82) is 0 Å². The van der Waals surface area contributed by atoms with Gasteiger partial charge in [0, 0.05) is 44.5 Å². The molecule has 2 N–H and O–H groups in total. The molecule has 4 rings (SSSR count). The van der Waals surface area contributed by atoms with Gasteiger partial charge in [-0.2, -0.15) is 0 Å². The molecule has 0 saturated carbocycles. The van der Waals surface area contributed by atoms with Crippen LogP contribution < -0.4 is 9.46 Å². The number of piperidine rings is 1. The summed E-state index contributed by atoms with van der Waals surface area (Å²) in [7, 11) is -3.26. The molecular formula is C23H28N4O4S. The molecule has 1 aliphatic heterocycles. The predicted molar refractivity (Wildman–Crippen MR) is 124 cm³/mol. The summed E-state index contributed by atoms with van der Waals surface area (Å²) in [5, 5.41) is 0.905. The number of sulfonamides is 1. The lowest BCUT2D eigenvalue weighted by Gasteiger charge is -2.31. The van der Waals surface area contributed by atoms with E-state index in [9.17, 15) is 13.2 Å². The Bertz CT molecular complexity index is 1210. The second-order valence-electron chi connectivity index (χ2n) is 8.29. The van der Waals surface area contributed by atoms with Crippen molar-refractivity contribution in [2.45, 2.75) is 26.3 Å². The zero-order chi connectivity index (χ0) is 22.7. The van der Waals surface area contributed by atoms with E-state index < -0.39 is 10.0 Å². The van der Waals surface area contributed by atoms with Crippen molar-refractivity contribution in [2.24, 2.45) is 5.92 Å². The minimum atomic E-state index is -3.26. The van der Waals surface area contributed by atoms with Crippen molar-refractivity contribution in [3.63, 3.8) is 0 Å². The molecule has 1 saturated heterocycles. The number of carbonyl (C=O) groups is 1. The number of H-pyrrole nitrogens is 1. The lowest BCUT2D eigenvalue weighted by molar-refractivity contribution is -0.130. The number of likely N-dealkylation sites (tertiary alicyclic amines) is 1. The molecule has 0 spiro atoms. The third-order valence-electron chi connectivity index (χ3n) is 5.85. The van der Waals surface area contributed by atoms with Gasteiger partial charge in [0.05, 0.1) is 18.2 Å². The van der Waals surface area contributed by atoms with E-state index in [0.29, 0.717) is 12.5 Å². The number of rotatable bonds is 7. The normalized spacial score (nSPS) is 15.2. The average Bonchev–Trinajstić information content (AvgIpc) is 3.21. The highest BCUT2D eigenvalue weighted by molar-refractivity contribution is 7.88. The first-order chi connectivity index (χ1) is 15.3. The Balaban J connectivity index is 1.53. The minimum absolute atomic E-state index is 0.131. The van der Waals surface area contributed by atoms with E-state index in [1.165, 1.54) is 0 Å². The molecule has 3 heterocycles. The largest absolute Gasteiger partial charge is 0.492 e. The highest BCUT2D eigenvalue weighted by Gasteiger charge is 2.22. The number of aromatic nitrogens is 2. The first-order valence-electron chi connectivity index (χ1n) is 10.7. The monoisotopic (exact) mass is 456 g/mol. The molecule has 9 heteroatoms. The van der Waals surface area contributed by atoms with Gasteiger partial charge < -0.3 is 14.6 Å². The molecule has 1 amide bonds. The summed E-state index contributed by atoms with van der Waals surface area (Å²) in [5.41, 5.74) is 3.52. The molecule has 1 fully saturated rings. The number of hydrogen-bond acceptors (Lipinski definition) is 5.